The van der Waals surface area contributed by atoms with Crippen molar-refractivity contribution < 1.29 is 43.2 Å². The van der Waals surface area contributed by atoms with Gasteiger partial charge in [-0.15, -0.1) is 5.10 Å². The molecule has 0 saturated heterocycles. The molecule has 0 unspecified atom stereocenters. The van der Waals surface area contributed by atoms with Crippen LogP contribution in [0.25, 0.3) is 5.69 Å². The largest absolute Gasteiger partial charge is 0.489 e. The molecule has 3 rings (SSSR count). The lowest BCUT2D eigenvalue weighted by atomic mass is 10.2. The fourth-order valence-corrected chi connectivity index (χ4v) is 2.81. The Bertz CT molecular complexity index is 1190. The Morgan fingerprint density at radius 3 is 2.06 bits per heavy atom. The van der Waals surface area contributed by atoms with Gasteiger partial charge in [-0.2, -0.15) is 21.6 Å². The molecule has 14 heteroatoms. The van der Waals surface area contributed by atoms with Crippen LogP contribution in [0, 0.1) is 18.6 Å². The first-order chi connectivity index (χ1) is 14.3. The molecule has 0 radical (unpaired) electrons. The summed E-state index contributed by atoms with van der Waals surface area (Å²) in [6, 6.07) is 5.98. The van der Waals surface area contributed by atoms with E-state index in [0.717, 1.165) is 24.3 Å². The smallest absolute Gasteiger partial charge is 0.488 e. The van der Waals surface area contributed by atoms with Crippen LogP contribution in [0.15, 0.2) is 36.4 Å². The van der Waals surface area contributed by atoms with Gasteiger partial charge in [0.15, 0.2) is 0 Å². The number of nitrogens with zero attached hydrogens (tertiary/aromatic N) is 3. The van der Waals surface area contributed by atoms with E-state index < -0.39 is 46.3 Å². The van der Waals surface area contributed by atoms with Gasteiger partial charge in [0.25, 0.3) is 5.82 Å². The quantitative estimate of drug-likeness (QED) is 0.402. The van der Waals surface area contributed by atoms with Gasteiger partial charge in [0.2, 0.25) is 0 Å². The number of alkyl halides is 3. The van der Waals surface area contributed by atoms with Crippen molar-refractivity contribution in [1.82, 2.24) is 14.8 Å². The third-order valence-corrected chi connectivity index (χ3v) is 4.19. The molecule has 7 nitrogen and oxygen atoms in total. The number of hydrogen-bond acceptors (Lipinski definition) is 6. The summed E-state index contributed by atoms with van der Waals surface area (Å²) < 4.78 is 110. The lowest BCUT2D eigenvalue weighted by Crippen LogP contribution is -2.09. The first-order valence-corrected chi connectivity index (χ1v) is 9.50. The SMILES string of the molecule is Cc1nc(C(F)(F)F)nn1-c1cc(F)c(COc2ccc(OS(=O)(=O)F)cc2)c(F)c1. The third kappa shape index (κ3) is 5.45. The zero-order valence-electron chi connectivity index (χ0n) is 15.3. The molecule has 0 bridgehead atoms. The summed E-state index contributed by atoms with van der Waals surface area (Å²) in [6.45, 7) is 0.584. The number of aryl methyl sites for hydroxylation is 1. The molecule has 3 aromatic rings. The van der Waals surface area contributed by atoms with E-state index in [2.05, 4.69) is 14.3 Å². The molecule has 0 N–H and O–H groups in total. The Hall–Kier alpha value is -3.29. The van der Waals surface area contributed by atoms with Gasteiger partial charge in [-0.05, 0) is 31.2 Å². The van der Waals surface area contributed by atoms with Crippen molar-refractivity contribution in [3.05, 3.63) is 65.2 Å². The van der Waals surface area contributed by atoms with E-state index in [1.807, 2.05) is 0 Å². The summed E-state index contributed by atoms with van der Waals surface area (Å²) in [5.41, 5.74) is -0.836. The van der Waals surface area contributed by atoms with Crippen LogP contribution in [0.1, 0.15) is 17.2 Å². The number of ether oxygens (including phenoxy) is 1. The predicted molar refractivity (Wildman–Crippen MR) is 92.4 cm³/mol. The molecule has 0 aliphatic heterocycles. The molecule has 0 amide bonds. The molecule has 0 spiro atoms. The van der Waals surface area contributed by atoms with Crippen LogP contribution in [0.3, 0.4) is 0 Å². The van der Waals surface area contributed by atoms with Gasteiger partial charge < -0.3 is 8.92 Å². The lowest BCUT2D eigenvalue weighted by molar-refractivity contribution is -0.144. The Balaban J connectivity index is 1.78. The molecule has 1 aromatic heterocycles. The number of aromatic nitrogens is 3. The molecule has 166 valence electrons. The van der Waals surface area contributed by atoms with Crippen molar-refractivity contribution in [2.24, 2.45) is 0 Å². The number of benzene rings is 2. The predicted octanol–water partition coefficient (Wildman–Crippen LogP) is 4.04. The van der Waals surface area contributed by atoms with Gasteiger partial charge in [-0.1, -0.05) is 3.89 Å². The van der Waals surface area contributed by atoms with Crippen molar-refractivity contribution in [2.45, 2.75) is 19.7 Å². The van der Waals surface area contributed by atoms with E-state index in [-0.39, 0.29) is 23.0 Å². The van der Waals surface area contributed by atoms with E-state index in [1.54, 1.807) is 0 Å². The fourth-order valence-electron chi connectivity index (χ4n) is 2.47. The van der Waals surface area contributed by atoms with Crippen molar-refractivity contribution in [1.29, 1.82) is 0 Å². The highest BCUT2D eigenvalue weighted by molar-refractivity contribution is 7.81. The van der Waals surface area contributed by atoms with E-state index in [0.29, 0.717) is 4.68 Å². The lowest BCUT2D eigenvalue weighted by Gasteiger charge is -2.11. The fraction of sp³-hybridized carbons (Fsp3) is 0.176. The summed E-state index contributed by atoms with van der Waals surface area (Å²) in [5, 5.41) is 3.22. The van der Waals surface area contributed by atoms with Gasteiger partial charge in [-0.25, -0.2) is 18.4 Å². The second-order valence-corrected chi connectivity index (χ2v) is 6.97. The molecule has 0 aliphatic carbocycles. The molecular weight excluding hydrogens is 456 g/mol. The maximum absolute atomic E-state index is 14.4. The monoisotopic (exact) mass is 467 g/mol. The van der Waals surface area contributed by atoms with E-state index in [9.17, 15) is 34.3 Å². The minimum Gasteiger partial charge on any atom is -0.489 e. The highest BCUT2D eigenvalue weighted by Crippen LogP contribution is 2.28. The van der Waals surface area contributed by atoms with Crippen LogP contribution in [0.2, 0.25) is 0 Å². The second kappa shape index (κ2) is 8.09. The van der Waals surface area contributed by atoms with Gasteiger partial charge in [0, 0.05) is 12.1 Å². The van der Waals surface area contributed by atoms with Crippen LogP contribution in [0.4, 0.5) is 25.8 Å². The summed E-state index contributed by atoms with van der Waals surface area (Å²) in [7, 11) is -5.21. The van der Waals surface area contributed by atoms with Crippen LogP contribution >= 0.6 is 0 Å². The Labute approximate surface area is 171 Å². The summed E-state index contributed by atoms with van der Waals surface area (Å²) in [5.74, 6) is -4.20. The summed E-state index contributed by atoms with van der Waals surface area (Å²) in [6.07, 6.45) is -4.82. The standard InChI is InChI=1S/C17H11F6N3O4S/c1-9-24-16(17(20,21)22)25-26(9)10-6-14(18)13(15(19)7-10)8-29-11-2-4-12(5-3-11)30-31(23,27)28/h2-7H,8H2,1H3. The van der Waals surface area contributed by atoms with Crippen LogP contribution in [0.5, 0.6) is 11.5 Å². The molecule has 2 aromatic carbocycles. The van der Waals surface area contributed by atoms with Crippen LogP contribution in [-0.4, -0.2) is 23.2 Å². The number of halogens is 6. The van der Waals surface area contributed by atoms with Crippen LogP contribution in [-0.2, 0) is 23.3 Å². The van der Waals surface area contributed by atoms with Gasteiger partial charge in [-0.3, -0.25) is 0 Å². The average molecular weight is 467 g/mol. The molecule has 0 saturated carbocycles. The number of hydrogen-bond donors (Lipinski definition) is 0. The van der Waals surface area contributed by atoms with Gasteiger partial charge >= 0.3 is 16.7 Å². The third-order valence-electron chi connectivity index (χ3n) is 3.80. The zero-order valence-corrected chi connectivity index (χ0v) is 16.1. The normalized spacial score (nSPS) is 12.1. The van der Waals surface area contributed by atoms with Crippen molar-refractivity contribution in [3.63, 3.8) is 0 Å². The molecule has 1 heterocycles. The van der Waals surface area contributed by atoms with E-state index >= 15 is 0 Å². The highest BCUT2D eigenvalue weighted by Gasteiger charge is 2.36. The van der Waals surface area contributed by atoms with E-state index in [1.165, 1.54) is 19.1 Å². The van der Waals surface area contributed by atoms with E-state index in [4.69, 9.17) is 4.74 Å². The van der Waals surface area contributed by atoms with Crippen molar-refractivity contribution in [2.75, 3.05) is 0 Å². The molecule has 0 atom stereocenters. The molecular formula is C17H11F6N3O4S. The minimum atomic E-state index is -5.21. The van der Waals surface area contributed by atoms with Crippen LogP contribution < -0.4 is 8.92 Å². The molecule has 0 fully saturated rings. The topological polar surface area (TPSA) is 83.3 Å². The highest BCUT2D eigenvalue weighted by atomic mass is 32.3. The summed E-state index contributed by atoms with van der Waals surface area (Å²) in [4.78, 5) is 3.23. The van der Waals surface area contributed by atoms with Gasteiger partial charge in [0.1, 0.15) is 35.6 Å². The Kier molecular flexibility index (Phi) is 5.85. The van der Waals surface area contributed by atoms with Crippen molar-refractivity contribution in [3.8, 4) is 17.2 Å². The second-order valence-electron chi connectivity index (χ2n) is 6.02. The first kappa shape index (κ1) is 22.4. The molecule has 31 heavy (non-hydrogen) atoms. The summed E-state index contributed by atoms with van der Waals surface area (Å²) >= 11 is 0. The average Bonchev–Trinajstić information content (AvgIpc) is 3.03. The number of rotatable bonds is 6. The first-order valence-electron chi connectivity index (χ1n) is 8.19. The maximum atomic E-state index is 14.4. The van der Waals surface area contributed by atoms with Crippen molar-refractivity contribution >= 4 is 10.5 Å². The van der Waals surface area contributed by atoms with Gasteiger partial charge in [0.05, 0.1) is 11.3 Å². The minimum absolute atomic E-state index is 0.0495. The maximum Gasteiger partial charge on any atom is 0.488 e. The Morgan fingerprint density at radius 1 is 1.03 bits per heavy atom. The Morgan fingerprint density at radius 2 is 1.58 bits per heavy atom. The molecule has 0 aliphatic rings. The zero-order chi connectivity index (χ0) is 23.0.